The highest BCUT2D eigenvalue weighted by Crippen LogP contribution is 2.37. The maximum atomic E-state index is 13.1. The molecule has 6 nitrogen and oxygen atoms in total. The third-order valence-corrected chi connectivity index (χ3v) is 6.31. The van der Waals surface area contributed by atoms with Gasteiger partial charge in [0.2, 0.25) is 5.95 Å². The highest BCUT2D eigenvalue weighted by atomic mass is 16.1. The Labute approximate surface area is 173 Å². The molecule has 2 aliphatic heterocycles. The number of anilines is 1. The van der Waals surface area contributed by atoms with E-state index in [0.717, 1.165) is 48.7 Å². The fraction of sp³-hybridized carbons (Fsp3) is 0.609. The second-order valence-electron chi connectivity index (χ2n) is 9.51. The van der Waals surface area contributed by atoms with Crippen molar-refractivity contribution in [2.45, 2.75) is 46.6 Å². The zero-order valence-corrected chi connectivity index (χ0v) is 18.6. The molecule has 0 N–H and O–H groups in total. The van der Waals surface area contributed by atoms with E-state index >= 15 is 0 Å². The molecule has 29 heavy (non-hydrogen) atoms. The molecule has 2 atom stereocenters. The van der Waals surface area contributed by atoms with E-state index < -0.39 is 0 Å². The number of hydrogen-bond donors (Lipinski definition) is 0. The lowest BCUT2D eigenvalue weighted by Crippen LogP contribution is -2.48. The SMILES string of the molecule is Cc1nc(N(C)C)nc(-c2cc3n(c(=O)c2)C[C@H]2C[C@@H]3CN(CC(C)C)C2)c1C. The van der Waals surface area contributed by atoms with Crippen LogP contribution in [0.25, 0.3) is 11.3 Å². The van der Waals surface area contributed by atoms with Crippen molar-refractivity contribution in [3.05, 3.63) is 39.4 Å². The molecule has 0 unspecified atom stereocenters. The first kappa shape index (κ1) is 20.1. The van der Waals surface area contributed by atoms with Crippen LogP contribution >= 0.6 is 0 Å². The molecule has 2 aliphatic rings. The van der Waals surface area contributed by atoms with E-state index in [1.165, 1.54) is 12.1 Å². The van der Waals surface area contributed by atoms with Crippen LogP contribution in [-0.4, -0.2) is 53.2 Å². The number of hydrogen-bond acceptors (Lipinski definition) is 5. The van der Waals surface area contributed by atoms with Gasteiger partial charge in [-0.2, -0.15) is 0 Å². The maximum Gasteiger partial charge on any atom is 0.251 e. The van der Waals surface area contributed by atoms with Gasteiger partial charge in [-0.1, -0.05) is 13.8 Å². The number of aryl methyl sites for hydroxylation is 1. The summed E-state index contributed by atoms with van der Waals surface area (Å²) in [7, 11) is 3.89. The summed E-state index contributed by atoms with van der Waals surface area (Å²) >= 11 is 0. The largest absolute Gasteiger partial charge is 0.347 e. The van der Waals surface area contributed by atoms with Gasteiger partial charge in [0, 0.05) is 69.2 Å². The zero-order chi connectivity index (χ0) is 20.9. The van der Waals surface area contributed by atoms with Crippen molar-refractivity contribution in [2.75, 3.05) is 38.6 Å². The lowest BCUT2D eigenvalue weighted by atomic mass is 9.82. The molecule has 1 saturated heterocycles. The molecule has 4 rings (SSSR count). The molecule has 0 amide bonds. The third-order valence-electron chi connectivity index (χ3n) is 6.31. The second-order valence-corrected chi connectivity index (χ2v) is 9.51. The van der Waals surface area contributed by atoms with E-state index in [9.17, 15) is 4.79 Å². The molecule has 2 bridgehead atoms. The Kier molecular flexibility index (Phi) is 5.23. The van der Waals surface area contributed by atoms with Crippen LogP contribution in [0.4, 0.5) is 5.95 Å². The molecule has 0 saturated carbocycles. The number of pyridine rings is 1. The van der Waals surface area contributed by atoms with Gasteiger partial charge in [-0.3, -0.25) is 4.79 Å². The van der Waals surface area contributed by atoms with Crippen molar-refractivity contribution in [3.8, 4) is 11.3 Å². The van der Waals surface area contributed by atoms with Gasteiger partial charge in [0.25, 0.3) is 5.56 Å². The molecule has 2 aromatic heterocycles. The minimum atomic E-state index is 0.103. The summed E-state index contributed by atoms with van der Waals surface area (Å²) in [6, 6.07) is 3.99. The summed E-state index contributed by atoms with van der Waals surface area (Å²) in [6.45, 7) is 12.7. The number of piperidine rings is 1. The maximum absolute atomic E-state index is 13.1. The Morgan fingerprint density at radius 2 is 1.90 bits per heavy atom. The van der Waals surface area contributed by atoms with Crippen LogP contribution in [0.15, 0.2) is 16.9 Å². The van der Waals surface area contributed by atoms with Crippen LogP contribution in [0.5, 0.6) is 0 Å². The van der Waals surface area contributed by atoms with Gasteiger partial charge in [-0.05, 0) is 43.7 Å². The second kappa shape index (κ2) is 7.56. The monoisotopic (exact) mass is 395 g/mol. The molecule has 2 aromatic rings. The minimum Gasteiger partial charge on any atom is -0.347 e. The van der Waals surface area contributed by atoms with E-state index in [2.05, 4.69) is 29.8 Å². The number of likely N-dealkylation sites (tertiary alicyclic amines) is 1. The summed E-state index contributed by atoms with van der Waals surface area (Å²) in [5, 5.41) is 0. The normalized spacial score (nSPS) is 21.3. The Hall–Kier alpha value is -2.21. The summed E-state index contributed by atoms with van der Waals surface area (Å²) in [5.41, 5.74) is 5.08. The van der Waals surface area contributed by atoms with Crippen molar-refractivity contribution < 1.29 is 0 Å². The Morgan fingerprint density at radius 3 is 2.59 bits per heavy atom. The first-order chi connectivity index (χ1) is 13.7. The van der Waals surface area contributed by atoms with Crippen molar-refractivity contribution in [1.29, 1.82) is 0 Å². The van der Waals surface area contributed by atoms with Crippen molar-refractivity contribution in [3.63, 3.8) is 0 Å². The van der Waals surface area contributed by atoms with E-state index in [4.69, 9.17) is 4.98 Å². The van der Waals surface area contributed by atoms with E-state index in [1.54, 1.807) is 6.07 Å². The number of nitrogens with zero attached hydrogens (tertiary/aromatic N) is 5. The first-order valence-corrected chi connectivity index (χ1v) is 10.7. The summed E-state index contributed by atoms with van der Waals surface area (Å²) in [5.74, 6) is 2.34. The fourth-order valence-electron chi connectivity index (χ4n) is 4.96. The Morgan fingerprint density at radius 1 is 1.14 bits per heavy atom. The van der Waals surface area contributed by atoms with Crippen molar-refractivity contribution in [1.82, 2.24) is 19.4 Å². The van der Waals surface area contributed by atoms with E-state index in [1.807, 2.05) is 37.4 Å². The van der Waals surface area contributed by atoms with Gasteiger partial charge in [0.15, 0.2) is 0 Å². The van der Waals surface area contributed by atoms with Crippen LogP contribution in [0.3, 0.4) is 0 Å². The van der Waals surface area contributed by atoms with Crippen LogP contribution in [0.2, 0.25) is 0 Å². The molecule has 1 fully saturated rings. The molecule has 0 spiro atoms. The first-order valence-electron chi connectivity index (χ1n) is 10.7. The number of aromatic nitrogens is 3. The van der Waals surface area contributed by atoms with Crippen LogP contribution < -0.4 is 10.5 Å². The lowest BCUT2D eigenvalue weighted by molar-refractivity contribution is 0.109. The fourth-order valence-corrected chi connectivity index (χ4v) is 4.96. The predicted molar refractivity (Wildman–Crippen MR) is 118 cm³/mol. The van der Waals surface area contributed by atoms with Gasteiger partial charge < -0.3 is 14.4 Å². The van der Waals surface area contributed by atoms with Crippen LogP contribution in [0.1, 0.15) is 43.1 Å². The van der Waals surface area contributed by atoms with Gasteiger partial charge in [-0.25, -0.2) is 9.97 Å². The quantitative estimate of drug-likeness (QED) is 0.796. The predicted octanol–water partition coefficient (Wildman–Crippen LogP) is 3.06. The van der Waals surface area contributed by atoms with Gasteiger partial charge >= 0.3 is 0 Å². The van der Waals surface area contributed by atoms with Gasteiger partial charge in [0.05, 0.1) is 5.69 Å². The third kappa shape index (κ3) is 3.82. The van der Waals surface area contributed by atoms with E-state index in [-0.39, 0.29) is 5.56 Å². The minimum absolute atomic E-state index is 0.103. The highest BCUT2D eigenvalue weighted by molar-refractivity contribution is 5.65. The average Bonchev–Trinajstić information content (AvgIpc) is 2.63. The molecule has 6 heteroatoms. The zero-order valence-electron chi connectivity index (χ0n) is 18.6. The average molecular weight is 396 g/mol. The van der Waals surface area contributed by atoms with Crippen molar-refractivity contribution >= 4 is 5.95 Å². The highest BCUT2D eigenvalue weighted by Gasteiger charge is 2.35. The Balaban J connectivity index is 1.77. The standard InChI is InChI=1S/C23H33N5O/c1-14(2)10-27-11-17-7-19(13-27)20-8-18(9-21(29)28(20)12-17)22-15(3)16(4)24-23(25-22)26(5)6/h8-9,14,17,19H,7,10-13H2,1-6H3/t17-,19+/m0/s1. The summed E-state index contributed by atoms with van der Waals surface area (Å²) in [4.78, 5) is 26.9. The van der Waals surface area contributed by atoms with E-state index in [0.29, 0.717) is 23.7 Å². The molecule has 4 heterocycles. The Bertz CT molecular complexity index is 978. The topological polar surface area (TPSA) is 54.3 Å². The molecule has 156 valence electrons. The van der Waals surface area contributed by atoms with Crippen molar-refractivity contribution in [2.24, 2.45) is 11.8 Å². The lowest BCUT2D eigenvalue weighted by Gasteiger charge is -2.43. The van der Waals surface area contributed by atoms with Gasteiger partial charge in [-0.15, -0.1) is 0 Å². The molecule has 0 radical (unpaired) electrons. The summed E-state index contributed by atoms with van der Waals surface area (Å²) in [6.07, 6.45) is 1.18. The smallest absolute Gasteiger partial charge is 0.251 e. The molecular formula is C23H33N5O. The number of rotatable bonds is 4. The molecule has 0 aliphatic carbocycles. The van der Waals surface area contributed by atoms with Crippen LogP contribution in [-0.2, 0) is 6.54 Å². The summed E-state index contributed by atoms with van der Waals surface area (Å²) < 4.78 is 2.02. The van der Waals surface area contributed by atoms with Crippen LogP contribution in [0, 0.1) is 25.7 Å². The van der Waals surface area contributed by atoms with Gasteiger partial charge in [0.1, 0.15) is 0 Å². The molecular weight excluding hydrogens is 362 g/mol. The molecule has 0 aromatic carbocycles. The number of fused-ring (bicyclic) bond motifs is 4.